The van der Waals surface area contributed by atoms with Crippen LogP contribution >= 0.6 is 0 Å². The lowest BCUT2D eigenvalue weighted by Gasteiger charge is -2.15. The molecule has 144 valence electrons. The highest BCUT2D eigenvalue weighted by atomic mass is 19.1. The van der Waals surface area contributed by atoms with Gasteiger partial charge in [0.15, 0.2) is 5.78 Å². The number of allylic oxidation sites excluding steroid dienone is 2. The fourth-order valence-electron chi connectivity index (χ4n) is 2.68. The van der Waals surface area contributed by atoms with Crippen LogP contribution < -0.4 is 4.74 Å². The third-order valence-corrected chi connectivity index (χ3v) is 4.18. The van der Waals surface area contributed by atoms with Gasteiger partial charge in [-0.05, 0) is 38.0 Å². The maximum atomic E-state index is 14.5. The number of halogens is 1. The Labute approximate surface area is 157 Å². The van der Waals surface area contributed by atoms with Gasteiger partial charge in [0.1, 0.15) is 34.7 Å². The Kier molecular flexibility index (Phi) is 6.45. The molecule has 3 N–H and O–H groups in total. The lowest BCUT2D eigenvalue weighted by molar-refractivity contribution is 0.0941. The molecule has 0 fully saturated rings. The first kappa shape index (κ1) is 20.3. The van der Waals surface area contributed by atoms with E-state index in [0.717, 1.165) is 5.57 Å². The number of carbonyl (C=O) groups is 1. The summed E-state index contributed by atoms with van der Waals surface area (Å²) in [6, 6.07) is 6.70. The lowest BCUT2D eigenvalue weighted by Crippen LogP contribution is -2.08. The maximum Gasteiger partial charge on any atom is 0.173 e. The third kappa shape index (κ3) is 4.78. The second-order valence-corrected chi connectivity index (χ2v) is 6.47. The fourth-order valence-corrected chi connectivity index (χ4v) is 2.68. The summed E-state index contributed by atoms with van der Waals surface area (Å²) in [7, 11) is 1.30. The van der Waals surface area contributed by atoms with E-state index in [1.807, 2.05) is 13.8 Å². The molecule has 0 amide bonds. The van der Waals surface area contributed by atoms with Gasteiger partial charge in [0.25, 0.3) is 0 Å². The molecule has 6 heteroatoms. The van der Waals surface area contributed by atoms with E-state index in [-0.39, 0.29) is 40.4 Å². The average Bonchev–Trinajstić information content (AvgIpc) is 2.60. The molecule has 2 aromatic carbocycles. The van der Waals surface area contributed by atoms with Crippen LogP contribution in [-0.2, 0) is 6.42 Å². The van der Waals surface area contributed by atoms with E-state index >= 15 is 0 Å². The molecule has 0 saturated carbocycles. The molecule has 0 aromatic heterocycles. The molecule has 0 radical (unpaired) electrons. The second-order valence-electron chi connectivity index (χ2n) is 6.47. The highest BCUT2D eigenvalue weighted by Crippen LogP contribution is 2.40. The minimum Gasteiger partial charge on any atom is -0.508 e. The molecular formula is C21H23FO5. The van der Waals surface area contributed by atoms with Crippen molar-refractivity contribution in [2.24, 2.45) is 0 Å². The van der Waals surface area contributed by atoms with Gasteiger partial charge in [-0.2, -0.15) is 0 Å². The quantitative estimate of drug-likeness (QED) is 0.487. The van der Waals surface area contributed by atoms with Crippen LogP contribution in [0.25, 0.3) is 0 Å². The van der Waals surface area contributed by atoms with E-state index in [1.54, 1.807) is 6.08 Å². The number of phenols is 3. The third-order valence-electron chi connectivity index (χ3n) is 4.18. The normalized spacial score (nSPS) is 11.7. The molecular weight excluding hydrogens is 351 g/mol. The zero-order valence-electron chi connectivity index (χ0n) is 15.5. The Morgan fingerprint density at radius 1 is 1.19 bits per heavy atom. The molecule has 27 heavy (non-hydrogen) atoms. The molecule has 0 spiro atoms. The number of ether oxygens (including phenoxy) is 1. The molecule has 1 atom stereocenters. The molecule has 0 aliphatic carbocycles. The fraction of sp³-hybridized carbons (Fsp3) is 0.286. The van der Waals surface area contributed by atoms with E-state index in [9.17, 15) is 24.5 Å². The van der Waals surface area contributed by atoms with E-state index < -0.39 is 24.1 Å². The lowest BCUT2D eigenvalue weighted by atomic mass is 9.96. The molecule has 0 saturated heterocycles. The summed E-state index contributed by atoms with van der Waals surface area (Å²) in [6.45, 7) is 3.74. The van der Waals surface area contributed by atoms with Crippen molar-refractivity contribution in [3.05, 3.63) is 58.7 Å². The molecule has 0 aliphatic rings. The molecule has 0 heterocycles. The number of hydrogen-bond acceptors (Lipinski definition) is 5. The van der Waals surface area contributed by atoms with Gasteiger partial charge >= 0.3 is 0 Å². The minimum atomic E-state index is -1.61. The molecule has 1 unspecified atom stereocenters. The summed E-state index contributed by atoms with van der Waals surface area (Å²) in [4.78, 5) is 12.7. The van der Waals surface area contributed by atoms with Crippen molar-refractivity contribution in [2.45, 2.75) is 32.9 Å². The van der Waals surface area contributed by atoms with Crippen LogP contribution in [-0.4, -0.2) is 28.2 Å². The van der Waals surface area contributed by atoms with Crippen molar-refractivity contribution in [1.82, 2.24) is 0 Å². The summed E-state index contributed by atoms with van der Waals surface area (Å²) in [5.41, 5.74) is 1.24. The van der Waals surface area contributed by atoms with Gasteiger partial charge in [0.05, 0.1) is 7.11 Å². The molecule has 2 aromatic rings. The van der Waals surface area contributed by atoms with Crippen molar-refractivity contribution < 1.29 is 29.2 Å². The number of aromatic hydroxyl groups is 3. The summed E-state index contributed by atoms with van der Waals surface area (Å²) in [6.07, 6.45) is -0.107. The van der Waals surface area contributed by atoms with Crippen LogP contribution in [0.4, 0.5) is 4.39 Å². The predicted molar refractivity (Wildman–Crippen MR) is 100 cm³/mol. The highest BCUT2D eigenvalue weighted by molar-refractivity contribution is 6.02. The van der Waals surface area contributed by atoms with Crippen molar-refractivity contribution in [3.8, 4) is 23.0 Å². The predicted octanol–water partition coefficient (Wildman–Crippen LogP) is 4.60. The first-order valence-electron chi connectivity index (χ1n) is 8.46. The van der Waals surface area contributed by atoms with Crippen LogP contribution in [0.5, 0.6) is 23.0 Å². The van der Waals surface area contributed by atoms with Crippen molar-refractivity contribution in [2.75, 3.05) is 7.11 Å². The largest absolute Gasteiger partial charge is 0.508 e. The summed E-state index contributed by atoms with van der Waals surface area (Å²) in [5.74, 6) is -1.28. The smallest absolute Gasteiger partial charge is 0.173 e. The van der Waals surface area contributed by atoms with E-state index in [1.165, 1.54) is 37.4 Å². The van der Waals surface area contributed by atoms with Crippen molar-refractivity contribution in [3.63, 3.8) is 0 Å². The van der Waals surface area contributed by atoms with Crippen molar-refractivity contribution in [1.29, 1.82) is 0 Å². The van der Waals surface area contributed by atoms with Crippen LogP contribution in [0.3, 0.4) is 0 Å². The van der Waals surface area contributed by atoms with Gasteiger partial charge in [-0.25, -0.2) is 4.39 Å². The summed E-state index contributed by atoms with van der Waals surface area (Å²) >= 11 is 0. The molecule has 0 bridgehead atoms. The Morgan fingerprint density at radius 2 is 1.81 bits per heavy atom. The standard InChI is InChI=1S/C21H23FO5/c1-12(2)4-9-15-17(24)11-19(27-3)20(21(15)26)18(25)10-16(22)13-5-7-14(23)8-6-13/h4-8,11,16,23-24,26H,9-10H2,1-3H3. The first-order chi connectivity index (χ1) is 12.7. The zero-order valence-corrected chi connectivity index (χ0v) is 15.5. The number of benzene rings is 2. The first-order valence-corrected chi connectivity index (χ1v) is 8.46. The Hall–Kier alpha value is -3.02. The number of rotatable bonds is 7. The SMILES string of the molecule is COc1cc(O)c(CC=C(C)C)c(O)c1C(=O)CC(F)c1ccc(O)cc1. The Morgan fingerprint density at radius 3 is 2.37 bits per heavy atom. The average molecular weight is 374 g/mol. The van der Waals surface area contributed by atoms with E-state index in [0.29, 0.717) is 0 Å². The number of carbonyl (C=O) groups excluding carboxylic acids is 1. The minimum absolute atomic E-state index is 0.000890. The molecule has 5 nitrogen and oxygen atoms in total. The number of methoxy groups -OCH3 is 1. The number of alkyl halides is 1. The summed E-state index contributed by atoms with van der Waals surface area (Å²) < 4.78 is 19.6. The van der Waals surface area contributed by atoms with Gasteiger partial charge in [-0.3, -0.25) is 4.79 Å². The van der Waals surface area contributed by atoms with Gasteiger partial charge in [-0.15, -0.1) is 0 Å². The monoisotopic (exact) mass is 374 g/mol. The second kappa shape index (κ2) is 8.58. The van der Waals surface area contributed by atoms with Gasteiger partial charge in [0.2, 0.25) is 0 Å². The number of phenolic OH excluding ortho intramolecular Hbond substituents is 3. The Balaban J connectivity index is 2.37. The van der Waals surface area contributed by atoms with E-state index in [2.05, 4.69) is 0 Å². The molecule has 2 rings (SSSR count). The number of ketones is 1. The van der Waals surface area contributed by atoms with Crippen LogP contribution in [0, 0.1) is 0 Å². The van der Waals surface area contributed by atoms with Crippen molar-refractivity contribution >= 4 is 5.78 Å². The van der Waals surface area contributed by atoms with E-state index in [4.69, 9.17) is 4.74 Å². The van der Waals surface area contributed by atoms with Crippen LogP contribution in [0.2, 0.25) is 0 Å². The van der Waals surface area contributed by atoms with Gasteiger partial charge in [0, 0.05) is 18.1 Å². The number of hydrogen-bond donors (Lipinski definition) is 3. The topological polar surface area (TPSA) is 87.0 Å². The molecule has 0 aliphatic heterocycles. The van der Waals surface area contributed by atoms with Gasteiger partial charge in [-0.1, -0.05) is 23.8 Å². The van der Waals surface area contributed by atoms with Crippen LogP contribution in [0.15, 0.2) is 42.0 Å². The zero-order chi connectivity index (χ0) is 20.1. The maximum absolute atomic E-state index is 14.5. The van der Waals surface area contributed by atoms with Gasteiger partial charge < -0.3 is 20.1 Å². The summed E-state index contributed by atoms with van der Waals surface area (Å²) in [5, 5.41) is 30.0. The Bertz CT molecular complexity index is 852. The highest BCUT2D eigenvalue weighted by Gasteiger charge is 2.26. The van der Waals surface area contributed by atoms with Crippen LogP contribution in [0.1, 0.15) is 47.9 Å². The number of Topliss-reactive ketones (excluding diaryl/α,β-unsaturated/α-hetero) is 1.